The number of para-hydroxylation sites is 1. The number of benzene rings is 1. The van der Waals surface area contributed by atoms with Crippen molar-refractivity contribution in [2.45, 2.75) is 25.7 Å². The maximum absolute atomic E-state index is 12.0. The fraction of sp³-hybridized carbons (Fsp3) is 0.467. The van der Waals surface area contributed by atoms with Gasteiger partial charge < -0.3 is 10.1 Å². The van der Waals surface area contributed by atoms with E-state index in [1.807, 2.05) is 30.3 Å². The zero-order valence-corrected chi connectivity index (χ0v) is 10.9. The zero-order chi connectivity index (χ0) is 13.6. The summed E-state index contributed by atoms with van der Waals surface area (Å²) in [7, 11) is 0. The van der Waals surface area contributed by atoms with E-state index in [1.165, 1.54) is 0 Å². The van der Waals surface area contributed by atoms with Gasteiger partial charge in [-0.3, -0.25) is 4.79 Å². The van der Waals surface area contributed by atoms with Crippen molar-refractivity contribution in [2.75, 3.05) is 13.2 Å². The average Bonchev–Trinajstić information content (AvgIpc) is 2.94. The molecule has 0 heterocycles. The highest BCUT2D eigenvalue weighted by Gasteiger charge is 2.41. The minimum Gasteiger partial charge on any atom is -0.492 e. The van der Waals surface area contributed by atoms with Crippen LogP contribution in [0.4, 0.5) is 0 Å². The van der Waals surface area contributed by atoms with Crippen molar-refractivity contribution in [2.24, 2.45) is 5.41 Å². The van der Waals surface area contributed by atoms with Crippen molar-refractivity contribution in [1.82, 2.24) is 5.32 Å². The highest BCUT2D eigenvalue weighted by molar-refractivity contribution is 5.85. The summed E-state index contributed by atoms with van der Waals surface area (Å²) in [5.41, 5.74) is -0.799. The molecule has 4 nitrogen and oxygen atoms in total. The number of nitrogens with zero attached hydrogens (tertiary/aromatic N) is 1. The summed E-state index contributed by atoms with van der Waals surface area (Å²) >= 11 is 0. The van der Waals surface area contributed by atoms with E-state index >= 15 is 0 Å². The molecule has 0 aromatic heterocycles. The van der Waals surface area contributed by atoms with Crippen LogP contribution in [-0.2, 0) is 4.79 Å². The summed E-state index contributed by atoms with van der Waals surface area (Å²) in [5.74, 6) is 0.636. The molecule has 1 saturated carbocycles. The van der Waals surface area contributed by atoms with Crippen molar-refractivity contribution in [3.05, 3.63) is 30.3 Å². The number of hydrogen-bond acceptors (Lipinski definition) is 3. The maximum Gasteiger partial charge on any atom is 0.240 e. The first-order valence-corrected chi connectivity index (χ1v) is 6.64. The largest absolute Gasteiger partial charge is 0.492 e. The van der Waals surface area contributed by atoms with Gasteiger partial charge in [-0.05, 0) is 25.0 Å². The van der Waals surface area contributed by atoms with Gasteiger partial charge in [-0.25, -0.2) is 0 Å². The lowest BCUT2D eigenvalue weighted by Crippen LogP contribution is -2.40. The lowest BCUT2D eigenvalue weighted by atomic mass is 9.87. The highest BCUT2D eigenvalue weighted by Crippen LogP contribution is 2.37. The van der Waals surface area contributed by atoms with Crippen LogP contribution in [0.1, 0.15) is 25.7 Å². The Morgan fingerprint density at radius 2 is 2.00 bits per heavy atom. The molecule has 4 heteroatoms. The van der Waals surface area contributed by atoms with Crippen LogP contribution in [-0.4, -0.2) is 19.1 Å². The average molecular weight is 258 g/mol. The van der Waals surface area contributed by atoms with Gasteiger partial charge in [0.25, 0.3) is 0 Å². The Morgan fingerprint density at radius 1 is 1.32 bits per heavy atom. The number of rotatable bonds is 5. The second kappa shape index (κ2) is 6.24. The van der Waals surface area contributed by atoms with Crippen LogP contribution in [0.3, 0.4) is 0 Å². The van der Waals surface area contributed by atoms with Gasteiger partial charge in [-0.15, -0.1) is 0 Å². The van der Waals surface area contributed by atoms with Gasteiger partial charge in [0.15, 0.2) is 0 Å². The first-order valence-electron chi connectivity index (χ1n) is 6.64. The third-order valence-electron chi connectivity index (χ3n) is 3.51. The maximum atomic E-state index is 12.0. The standard InChI is InChI=1S/C15H18N2O2/c16-12-15(8-4-5-9-15)14(18)17-10-11-19-13-6-2-1-3-7-13/h1-3,6-7H,4-5,8-11H2,(H,17,18). The van der Waals surface area contributed by atoms with Gasteiger partial charge in [0.1, 0.15) is 17.8 Å². The summed E-state index contributed by atoms with van der Waals surface area (Å²) in [5, 5.41) is 12.0. The Hall–Kier alpha value is -2.02. The third kappa shape index (κ3) is 3.25. The molecule has 1 amide bonds. The first-order chi connectivity index (χ1) is 9.27. The number of nitrogens with one attached hydrogen (secondary N) is 1. The number of carbonyl (C=O) groups is 1. The summed E-state index contributed by atoms with van der Waals surface area (Å²) in [6, 6.07) is 11.6. The van der Waals surface area contributed by atoms with Crippen LogP contribution in [0.5, 0.6) is 5.75 Å². The number of nitriles is 1. The predicted molar refractivity (Wildman–Crippen MR) is 71.5 cm³/mol. The molecule has 1 aliphatic carbocycles. The second-order valence-electron chi connectivity index (χ2n) is 4.82. The van der Waals surface area contributed by atoms with Gasteiger partial charge in [0.05, 0.1) is 12.6 Å². The van der Waals surface area contributed by atoms with Crippen LogP contribution in [0, 0.1) is 16.7 Å². The van der Waals surface area contributed by atoms with Crippen LogP contribution < -0.4 is 10.1 Å². The monoisotopic (exact) mass is 258 g/mol. The molecule has 2 rings (SSSR count). The Morgan fingerprint density at radius 3 is 2.63 bits per heavy atom. The minimum absolute atomic E-state index is 0.149. The normalized spacial score (nSPS) is 16.6. The van der Waals surface area contributed by atoms with Crippen LogP contribution >= 0.6 is 0 Å². The molecule has 1 aromatic rings. The lowest BCUT2D eigenvalue weighted by Gasteiger charge is -2.19. The molecule has 19 heavy (non-hydrogen) atoms. The Balaban J connectivity index is 1.74. The molecule has 0 radical (unpaired) electrons. The van der Waals surface area contributed by atoms with Gasteiger partial charge >= 0.3 is 0 Å². The van der Waals surface area contributed by atoms with Gasteiger partial charge in [-0.1, -0.05) is 31.0 Å². The highest BCUT2D eigenvalue weighted by atomic mass is 16.5. The van der Waals surface area contributed by atoms with Gasteiger partial charge in [0.2, 0.25) is 5.91 Å². The van der Waals surface area contributed by atoms with E-state index in [4.69, 9.17) is 4.74 Å². The van der Waals surface area contributed by atoms with Gasteiger partial charge in [0, 0.05) is 0 Å². The van der Waals surface area contributed by atoms with Crippen molar-refractivity contribution in [3.8, 4) is 11.8 Å². The third-order valence-corrected chi connectivity index (χ3v) is 3.51. The van der Waals surface area contributed by atoms with Gasteiger partial charge in [-0.2, -0.15) is 5.26 Å². The molecular weight excluding hydrogens is 240 g/mol. The molecule has 0 unspecified atom stereocenters. The van der Waals surface area contributed by atoms with Crippen molar-refractivity contribution >= 4 is 5.91 Å². The van der Waals surface area contributed by atoms with E-state index < -0.39 is 5.41 Å². The van der Waals surface area contributed by atoms with Crippen molar-refractivity contribution in [1.29, 1.82) is 5.26 Å². The number of hydrogen-bond donors (Lipinski definition) is 1. The Labute approximate surface area is 113 Å². The fourth-order valence-corrected chi connectivity index (χ4v) is 2.39. The smallest absolute Gasteiger partial charge is 0.240 e. The predicted octanol–water partition coefficient (Wildman–Crippen LogP) is 2.27. The Bertz CT molecular complexity index is 459. The van der Waals surface area contributed by atoms with E-state index in [0.717, 1.165) is 18.6 Å². The van der Waals surface area contributed by atoms with Crippen LogP contribution in [0.25, 0.3) is 0 Å². The van der Waals surface area contributed by atoms with Crippen molar-refractivity contribution < 1.29 is 9.53 Å². The molecule has 100 valence electrons. The topological polar surface area (TPSA) is 62.1 Å². The summed E-state index contributed by atoms with van der Waals surface area (Å²) in [6.07, 6.45) is 3.27. The molecule has 1 aromatic carbocycles. The number of ether oxygens (including phenoxy) is 1. The van der Waals surface area contributed by atoms with E-state index in [9.17, 15) is 10.1 Å². The summed E-state index contributed by atoms with van der Waals surface area (Å²) in [6.45, 7) is 0.842. The van der Waals surface area contributed by atoms with Crippen LogP contribution in [0.15, 0.2) is 30.3 Å². The fourth-order valence-electron chi connectivity index (χ4n) is 2.39. The molecule has 1 fully saturated rings. The van der Waals surface area contributed by atoms with E-state index in [0.29, 0.717) is 26.0 Å². The quantitative estimate of drug-likeness (QED) is 0.824. The first kappa shape index (κ1) is 13.4. The van der Waals surface area contributed by atoms with Crippen LogP contribution in [0.2, 0.25) is 0 Å². The van der Waals surface area contributed by atoms with E-state index in [-0.39, 0.29) is 5.91 Å². The summed E-state index contributed by atoms with van der Waals surface area (Å²) < 4.78 is 5.49. The molecule has 1 N–H and O–H groups in total. The second-order valence-corrected chi connectivity index (χ2v) is 4.82. The Kier molecular flexibility index (Phi) is 4.40. The summed E-state index contributed by atoms with van der Waals surface area (Å²) in [4.78, 5) is 12.0. The molecule has 0 atom stereocenters. The number of carbonyl (C=O) groups excluding carboxylic acids is 1. The molecule has 1 aliphatic rings. The minimum atomic E-state index is -0.799. The lowest BCUT2D eigenvalue weighted by molar-refractivity contribution is -0.128. The van der Waals surface area contributed by atoms with E-state index in [2.05, 4.69) is 11.4 Å². The molecule has 0 saturated heterocycles. The number of amides is 1. The van der Waals surface area contributed by atoms with E-state index in [1.54, 1.807) is 0 Å². The molecule has 0 bridgehead atoms. The molecule has 0 aliphatic heterocycles. The molecule has 0 spiro atoms. The van der Waals surface area contributed by atoms with Crippen molar-refractivity contribution in [3.63, 3.8) is 0 Å². The SMILES string of the molecule is N#CC1(C(=O)NCCOc2ccccc2)CCCC1. The molecular formula is C15H18N2O2. The zero-order valence-electron chi connectivity index (χ0n) is 10.9.